The highest BCUT2D eigenvalue weighted by Crippen LogP contribution is 2.26. The monoisotopic (exact) mass is 314 g/mol. The maximum absolute atomic E-state index is 12.5. The van der Waals surface area contributed by atoms with E-state index in [9.17, 15) is 4.79 Å². The summed E-state index contributed by atoms with van der Waals surface area (Å²) in [5.41, 5.74) is 2.71. The van der Waals surface area contributed by atoms with E-state index < -0.39 is 0 Å². The summed E-state index contributed by atoms with van der Waals surface area (Å²) in [6.07, 6.45) is 3.93. The van der Waals surface area contributed by atoms with Crippen molar-refractivity contribution in [3.8, 4) is 11.4 Å². The number of pyridine rings is 1. The van der Waals surface area contributed by atoms with Crippen LogP contribution in [-0.2, 0) is 19.4 Å². The number of aryl methyl sites for hydroxylation is 1. The lowest BCUT2D eigenvalue weighted by molar-refractivity contribution is 0.343. The summed E-state index contributed by atoms with van der Waals surface area (Å²) < 4.78 is 7.64. The van der Waals surface area contributed by atoms with E-state index in [0.717, 1.165) is 56.7 Å². The van der Waals surface area contributed by atoms with Crippen LogP contribution in [0, 0.1) is 12.8 Å². The van der Waals surface area contributed by atoms with Crippen LogP contribution in [0.1, 0.15) is 30.1 Å². The van der Waals surface area contributed by atoms with Gasteiger partial charge in [0.1, 0.15) is 0 Å². The van der Waals surface area contributed by atoms with Crippen LogP contribution in [0.5, 0.6) is 0 Å². The summed E-state index contributed by atoms with van der Waals surface area (Å²) in [4.78, 5) is 19.3. The van der Waals surface area contributed by atoms with E-state index in [0.29, 0.717) is 23.2 Å². The first-order chi connectivity index (χ1) is 11.1. The molecule has 0 bridgehead atoms. The van der Waals surface area contributed by atoms with Crippen LogP contribution < -0.4 is 5.43 Å². The van der Waals surface area contributed by atoms with E-state index in [-0.39, 0.29) is 5.43 Å². The molecule has 122 valence electrons. The van der Waals surface area contributed by atoms with Crippen LogP contribution in [0.2, 0.25) is 0 Å². The number of hydrogen-bond acceptors (Lipinski definition) is 5. The zero-order valence-corrected chi connectivity index (χ0v) is 13.7. The second-order valence-corrected chi connectivity index (χ2v) is 6.86. The van der Waals surface area contributed by atoms with Crippen LogP contribution in [-0.4, -0.2) is 39.7 Å². The summed E-state index contributed by atoms with van der Waals surface area (Å²) >= 11 is 0. The minimum Gasteiger partial charge on any atom is -0.348 e. The second kappa shape index (κ2) is 5.60. The van der Waals surface area contributed by atoms with Gasteiger partial charge in [-0.25, -0.2) is 0 Å². The Bertz CT molecular complexity index is 792. The molecule has 0 saturated carbocycles. The van der Waals surface area contributed by atoms with Crippen molar-refractivity contribution in [2.24, 2.45) is 5.92 Å². The van der Waals surface area contributed by atoms with Crippen molar-refractivity contribution in [1.29, 1.82) is 0 Å². The van der Waals surface area contributed by atoms with Gasteiger partial charge in [-0.05, 0) is 45.7 Å². The quantitative estimate of drug-likeness (QED) is 0.862. The number of hydrogen-bond donors (Lipinski definition) is 0. The predicted molar refractivity (Wildman–Crippen MR) is 86.4 cm³/mol. The second-order valence-electron chi connectivity index (χ2n) is 6.86. The minimum absolute atomic E-state index is 0.00333. The van der Waals surface area contributed by atoms with Gasteiger partial charge in [-0.3, -0.25) is 4.79 Å². The topological polar surface area (TPSA) is 64.2 Å². The molecular weight excluding hydrogens is 292 g/mol. The summed E-state index contributed by atoms with van der Waals surface area (Å²) in [6.45, 7) is 5.14. The molecule has 23 heavy (non-hydrogen) atoms. The fraction of sp³-hybridized carbons (Fsp3) is 0.588. The SMILES string of the molecule is Cc1cc(=O)c(-c2noc(CC3CCN(C)C3)n2)c2n1CCC2. The third-order valence-electron chi connectivity index (χ3n) is 5.07. The van der Waals surface area contributed by atoms with E-state index in [4.69, 9.17) is 4.52 Å². The molecule has 0 aliphatic carbocycles. The fourth-order valence-corrected chi connectivity index (χ4v) is 3.92. The van der Waals surface area contributed by atoms with E-state index in [1.165, 1.54) is 0 Å². The molecule has 2 aromatic rings. The van der Waals surface area contributed by atoms with E-state index in [1.807, 2.05) is 6.92 Å². The molecule has 0 amide bonds. The largest absolute Gasteiger partial charge is 0.348 e. The summed E-state index contributed by atoms with van der Waals surface area (Å²) in [5, 5.41) is 4.10. The zero-order chi connectivity index (χ0) is 16.0. The number of likely N-dealkylation sites (tertiary alicyclic amines) is 1. The third kappa shape index (κ3) is 2.61. The molecule has 1 atom stereocenters. The summed E-state index contributed by atoms with van der Waals surface area (Å²) in [7, 11) is 2.13. The van der Waals surface area contributed by atoms with E-state index in [2.05, 4.69) is 26.7 Å². The lowest BCUT2D eigenvalue weighted by atomic mass is 10.1. The number of aromatic nitrogens is 3. The molecule has 4 rings (SSSR count). The smallest absolute Gasteiger partial charge is 0.227 e. The van der Waals surface area contributed by atoms with Crippen molar-refractivity contribution in [2.45, 2.75) is 39.2 Å². The van der Waals surface area contributed by atoms with Crippen LogP contribution in [0.25, 0.3) is 11.4 Å². The molecular formula is C17H22N4O2. The molecule has 2 aliphatic rings. The van der Waals surface area contributed by atoms with Gasteiger partial charge < -0.3 is 14.0 Å². The maximum atomic E-state index is 12.5. The van der Waals surface area contributed by atoms with Gasteiger partial charge in [-0.15, -0.1) is 0 Å². The molecule has 6 heteroatoms. The van der Waals surface area contributed by atoms with Gasteiger partial charge in [0.25, 0.3) is 0 Å². The molecule has 0 radical (unpaired) electrons. The Labute approximate surface area is 135 Å². The van der Waals surface area contributed by atoms with Gasteiger partial charge in [-0.2, -0.15) is 4.98 Å². The minimum atomic E-state index is 0.00333. The van der Waals surface area contributed by atoms with Gasteiger partial charge in [0.05, 0.1) is 5.56 Å². The van der Waals surface area contributed by atoms with Gasteiger partial charge >= 0.3 is 0 Å². The van der Waals surface area contributed by atoms with Crippen molar-refractivity contribution in [3.63, 3.8) is 0 Å². The highest BCUT2D eigenvalue weighted by Gasteiger charge is 2.25. The molecule has 0 N–H and O–H groups in total. The highest BCUT2D eigenvalue weighted by atomic mass is 16.5. The first kappa shape index (κ1) is 14.6. The van der Waals surface area contributed by atoms with Crippen molar-refractivity contribution in [2.75, 3.05) is 20.1 Å². The molecule has 2 aliphatic heterocycles. The number of rotatable bonds is 3. The summed E-state index contributed by atoms with van der Waals surface area (Å²) in [5.74, 6) is 1.68. The molecule has 1 saturated heterocycles. The lowest BCUT2D eigenvalue weighted by Crippen LogP contribution is -2.15. The van der Waals surface area contributed by atoms with Crippen LogP contribution in [0.3, 0.4) is 0 Å². The predicted octanol–water partition coefficient (Wildman–Crippen LogP) is 1.65. The first-order valence-electron chi connectivity index (χ1n) is 8.36. The molecule has 6 nitrogen and oxygen atoms in total. The Hall–Kier alpha value is -1.95. The van der Waals surface area contributed by atoms with Crippen molar-refractivity contribution in [3.05, 3.63) is 33.6 Å². The van der Waals surface area contributed by atoms with Crippen LogP contribution in [0.15, 0.2) is 15.4 Å². The molecule has 0 aromatic carbocycles. The molecule has 1 unspecified atom stereocenters. The van der Waals surface area contributed by atoms with E-state index >= 15 is 0 Å². The third-order valence-corrected chi connectivity index (χ3v) is 5.07. The normalized spacial score (nSPS) is 21.0. The Kier molecular flexibility index (Phi) is 3.56. The van der Waals surface area contributed by atoms with Gasteiger partial charge in [0.15, 0.2) is 5.43 Å². The Morgan fingerprint density at radius 3 is 3.04 bits per heavy atom. The fourth-order valence-electron chi connectivity index (χ4n) is 3.92. The lowest BCUT2D eigenvalue weighted by Gasteiger charge is -2.10. The van der Waals surface area contributed by atoms with Crippen molar-refractivity contribution < 1.29 is 4.52 Å². The first-order valence-corrected chi connectivity index (χ1v) is 8.36. The van der Waals surface area contributed by atoms with Crippen LogP contribution in [0.4, 0.5) is 0 Å². The van der Waals surface area contributed by atoms with Gasteiger partial charge in [0, 0.05) is 37.0 Å². The molecule has 2 aromatic heterocycles. The van der Waals surface area contributed by atoms with Crippen molar-refractivity contribution in [1.82, 2.24) is 19.6 Å². The number of nitrogens with zero attached hydrogens (tertiary/aromatic N) is 4. The standard InChI is InChI=1S/C17H22N4O2/c1-11-8-14(22)16(13-4-3-6-21(11)13)17-18-15(23-19-17)9-12-5-7-20(2)10-12/h8,12H,3-7,9-10H2,1-2H3. The van der Waals surface area contributed by atoms with E-state index in [1.54, 1.807) is 6.07 Å². The van der Waals surface area contributed by atoms with Crippen LogP contribution >= 0.6 is 0 Å². The average Bonchev–Trinajstić information content (AvgIpc) is 3.21. The maximum Gasteiger partial charge on any atom is 0.227 e. The zero-order valence-electron chi connectivity index (χ0n) is 13.7. The Balaban J connectivity index is 1.65. The Morgan fingerprint density at radius 1 is 1.39 bits per heavy atom. The van der Waals surface area contributed by atoms with Gasteiger partial charge in [0.2, 0.25) is 11.7 Å². The molecule has 1 fully saturated rings. The average molecular weight is 314 g/mol. The number of fused-ring (bicyclic) bond motifs is 1. The molecule has 0 spiro atoms. The van der Waals surface area contributed by atoms with Gasteiger partial charge in [-0.1, -0.05) is 5.16 Å². The highest BCUT2D eigenvalue weighted by molar-refractivity contribution is 5.58. The van der Waals surface area contributed by atoms with Crippen molar-refractivity contribution >= 4 is 0 Å². The molecule has 4 heterocycles. The Morgan fingerprint density at radius 2 is 2.26 bits per heavy atom. The summed E-state index contributed by atoms with van der Waals surface area (Å²) in [6, 6.07) is 1.69.